The molecule has 2 aromatic heterocycles. The third-order valence-electron chi connectivity index (χ3n) is 5.87. The summed E-state index contributed by atoms with van der Waals surface area (Å²) in [6, 6.07) is 16.2. The van der Waals surface area contributed by atoms with Crippen LogP contribution in [0.25, 0.3) is 11.2 Å². The molecule has 1 N–H and O–H groups in total. The molecule has 172 valence electrons. The topological polar surface area (TPSA) is 111 Å². The van der Waals surface area contributed by atoms with Gasteiger partial charge in [0.25, 0.3) is 5.56 Å². The molecule has 2 aromatic carbocycles. The van der Waals surface area contributed by atoms with E-state index in [9.17, 15) is 19.2 Å². The average Bonchev–Trinajstić information content (AvgIpc) is 3.28. The van der Waals surface area contributed by atoms with Gasteiger partial charge in [-0.2, -0.15) is 0 Å². The summed E-state index contributed by atoms with van der Waals surface area (Å²) in [7, 11) is 0. The third-order valence-corrected chi connectivity index (χ3v) is 5.87. The van der Waals surface area contributed by atoms with E-state index in [2.05, 4.69) is 10.3 Å². The number of imidazole rings is 1. The van der Waals surface area contributed by atoms with Gasteiger partial charge in [-0.1, -0.05) is 42.5 Å². The van der Waals surface area contributed by atoms with Crippen LogP contribution >= 0.6 is 0 Å². The van der Waals surface area contributed by atoms with Gasteiger partial charge in [-0.15, -0.1) is 0 Å². The van der Waals surface area contributed by atoms with E-state index in [1.165, 1.54) is 15.8 Å². The first kappa shape index (κ1) is 21.4. The second-order valence-corrected chi connectivity index (χ2v) is 7.99. The molecule has 5 rings (SSSR count). The molecular formula is C24H22N6O4. The number of nitrogens with one attached hydrogen (secondary N) is 1. The molecule has 0 fully saturated rings. The maximum atomic E-state index is 13.5. The van der Waals surface area contributed by atoms with Crippen LogP contribution in [-0.4, -0.2) is 37.0 Å². The Hall–Kier alpha value is -4.47. The van der Waals surface area contributed by atoms with Crippen molar-refractivity contribution in [2.75, 3.05) is 16.8 Å². The summed E-state index contributed by atoms with van der Waals surface area (Å²) < 4.78 is 3.99. The molecule has 0 bridgehead atoms. The van der Waals surface area contributed by atoms with E-state index in [4.69, 9.17) is 0 Å². The largest absolute Gasteiger partial charge is 0.333 e. The first-order valence-corrected chi connectivity index (χ1v) is 10.9. The fourth-order valence-corrected chi connectivity index (χ4v) is 4.20. The lowest BCUT2D eigenvalue weighted by molar-refractivity contribution is -0.122. The minimum atomic E-state index is -0.634. The lowest BCUT2D eigenvalue weighted by Gasteiger charge is -2.29. The summed E-state index contributed by atoms with van der Waals surface area (Å²) in [5.74, 6) is -0.880. The molecule has 1 aliphatic rings. The van der Waals surface area contributed by atoms with Crippen molar-refractivity contribution in [1.29, 1.82) is 0 Å². The molecule has 3 heterocycles. The first-order valence-electron chi connectivity index (χ1n) is 10.9. The molecule has 10 heteroatoms. The Kier molecular flexibility index (Phi) is 5.33. The SMILES string of the molecule is CCn1cnc2c1c(=O)n(CC(=O)N1CC(=O)Nc3ccccc31)c(=O)n2Cc1ccccc1. The molecule has 0 atom stereocenters. The van der Waals surface area contributed by atoms with Crippen molar-refractivity contribution in [3.63, 3.8) is 0 Å². The number of para-hydroxylation sites is 2. The molecule has 0 aliphatic carbocycles. The van der Waals surface area contributed by atoms with Gasteiger partial charge in [0, 0.05) is 6.54 Å². The first-order chi connectivity index (χ1) is 16.5. The number of aryl methyl sites for hydroxylation is 1. The number of aromatic nitrogens is 4. The van der Waals surface area contributed by atoms with Crippen molar-refractivity contribution >= 4 is 34.4 Å². The van der Waals surface area contributed by atoms with E-state index in [1.54, 1.807) is 28.8 Å². The maximum Gasteiger partial charge on any atom is 0.333 e. The highest BCUT2D eigenvalue weighted by Gasteiger charge is 2.28. The van der Waals surface area contributed by atoms with Crippen LogP contribution in [-0.2, 0) is 29.2 Å². The van der Waals surface area contributed by atoms with Gasteiger partial charge in [-0.3, -0.25) is 23.9 Å². The minimum Gasteiger partial charge on any atom is -0.325 e. The molecule has 1 aliphatic heterocycles. The van der Waals surface area contributed by atoms with Crippen LogP contribution < -0.4 is 21.5 Å². The Morgan fingerprint density at radius 3 is 2.50 bits per heavy atom. The number of carbonyl (C=O) groups excluding carboxylic acids is 2. The van der Waals surface area contributed by atoms with E-state index in [-0.39, 0.29) is 30.2 Å². The lowest BCUT2D eigenvalue weighted by Crippen LogP contribution is -2.48. The summed E-state index contributed by atoms with van der Waals surface area (Å²) in [5, 5.41) is 2.72. The molecule has 0 saturated heterocycles. The van der Waals surface area contributed by atoms with Crippen LogP contribution in [0.1, 0.15) is 12.5 Å². The second kappa shape index (κ2) is 8.47. The van der Waals surface area contributed by atoms with Crippen LogP contribution in [0.15, 0.2) is 70.5 Å². The number of fused-ring (bicyclic) bond motifs is 2. The van der Waals surface area contributed by atoms with Crippen LogP contribution in [0.3, 0.4) is 0 Å². The van der Waals surface area contributed by atoms with Crippen LogP contribution in [0.2, 0.25) is 0 Å². The van der Waals surface area contributed by atoms with Crippen LogP contribution in [0, 0.1) is 0 Å². The predicted octanol–water partition coefficient (Wildman–Crippen LogP) is 1.41. The van der Waals surface area contributed by atoms with Crippen LogP contribution in [0.4, 0.5) is 11.4 Å². The molecule has 0 spiro atoms. The Balaban J connectivity index is 1.61. The zero-order valence-electron chi connectivity index (χ0n) is 18.5. The Labute approximate surface area is 193 Å². The monoisotopic (exact) mass is 458 g/mol. The van der Waals surface area contributed by atoms with Gasteiger partial charge in [0.05, 0.1) is 24.2 Å². The summed E-state index contributed by atoms with van der Waals surface area (Å²) in [5.41, 5.74) is 1.17. The fraction of sp³-hybridized carbons (Fsp3) is 0.208. The lowest BCUT2D eigenvalue weighted by atomic mass is 10.2. The van der Waals surface area contributed by atoms with E-state index in [0.29, 0.717) is 17.9 Å². The van der Waals surface area contributed by atoms with Crippen molar-refractivity contribution < 1.29 is 9.59 Å². The van der Waals surface area contributed by atoms with Gasteiger partial charge >= 0.3 is 5.69 Å². The number of carbonyl (C=O) groups is 2. The maximum absolute atomic E-state index is 13.5. The van der Waals surface area contributed by atoms with Gasteiger partial charge < -0.3 is 9.88 Å². The standard InChI is InChI=1S/C24H22N6O4/c1-2-27-15-25-22-21(27)23(33)30(24(34)29(22)12-16-8-4-3-5-9-16)14-20(32)28-13-19(31)26-17-10-6-7-11-18(17)28/h3-11,15H,2,12-14H2,1H3,(H,26,31). The summed E-state index contributed by atoms with van der Waals surface area (Å²) in [6.07, 6.45) is 1.52. The molecule has 34 heavy (non-hydrogen) atoms. The van der Waals surface area contributed by atoms with Gasteiger partial charge in [-0.05, 0) is 24.6 Å². The van der Waals surface area contributed by atoms with Gasteiger partial charge in [0.2, 0.25) is 11.8 Å². The average molecular weight is 458 g/mol. The fourth-order valence-electron chi connectivity index (χ4n) is 4.20. The quantitative estimate of drug-likeness (QED) is 0.486. The smallest absolute Gasteiger partial charge is 0.325 e. The highest BCUT2D eigenvalue weighted by molar-refractivity contribution is 6.09. The van der Waals surface area contributed by atoms with Gasteiger partial charge in [0.1, 0.15) is 13.1 Å². The van der Waals surface area contributed by atoms with E-state index in [1.807, 2.05) is 37.3 Å². The Morgan fingerprint density at radius 2 is 1.74 bits per heavy atom. The predicted molar refractivity (Wildman–Crippen MR) is 127 cm³/mol. The second-order valence-electron chi connectivity index (χ2n) is 7.99. The summed E-state index contributed by atoms with van der Waals surface area (Å²) in [6.45, 7) is 1.84. The zero-order valence-corrected chi connectivity index (χ0v) is 18.5. The molecule has 0 saturated carbocycles. The third kappa shape index (κ3) is 3.58. The summed E-state index contributed by atoms with van der Waals surface area (Å²) in [4.78, 5) is 57.9. The molecular weight excluding hydrogens is 436 g/mol. The van der Waals surface area contributed by atoms with E-state index >= 15 is 0 Å². The number of amides is 2. The molecule has 2 amide bonds. The number of rotatable bonds is 5. The number of benzene rings is 2. The Bertz CT molecular complexity index is 1530. The highest BCUT2D eigenvalue weighted by Crippen LogP contribution is 2.28. The van der Waals surface area contributed by atoms with Crippen LogP contribution in [0.5, 0.6) is 0 Å². The van der Waals surface area contributed by atoms with Gasteiger partial charge in [0.15, 0.2) is 11.2 Å². The van der Waals surface area contributed by atoms with Crippen molar-refractivity contribution in [3.05, 3.63) is 87.3 Å². The molecule has 0 radical (unpaired) electrons. The number of hydrogen-bond acceptors (Lipinski definition) is 5. The van der Waals surface area contributed by atoms with Crippen molar-refractivity contribution in [2.45, 2.75) is 26.6 Å². The number of hydrogen-bond donors (Lipinski definition) is 1. The highest BCUT2D eigenvalue weighted by atomic mass is 16.2. The Morgan fingerprint density at radius 1 is 1.00 bits per heavy atom. The number of nitrogens with zero attached hydrogens (tertiary/aromatic N) is 5. The molecule has 0 unspecified atom stereocenters. The van der Waals surface area contributed by atoms with Crippen molar-refractivity contribution in [3.8, 4) is 0 Å². The molecule has 4 aromatic rings. The minimum absolute atomic E-state index is 0.195. The van der Waals surface area contributed by atoms with Crippen molar-refractivity contribution in [2.24, 2.45) is 0 Å². The normalized spacial score (nSPS) is 13.1. The molecule has 10 nitrogen and oxygen atoms in total. The van der Waals surface area contributed by atoms with Crippen molar-refractivity contribution in [1.82, 2.24) is 18.7 Å². The summed E-state index contributed by atoms with van der Waals surface area (Å²) >= 11 is 0. The zero-order chi connectivity index (χ0) is 23.8. The van der Waals surface area contributed by atoms with E-state index < -0.39 is 23.7 Å². The number of anilines is 2. The van der Waals surface area contributed by atoms with E-state index in [0.717, 1.165) is 10.1 Å². The van der Waals surface area contributed by atoms with Gasteiger partial charge in [-0.25, -0.2) is 14.3 Å².